The van der Waals surface area contributed by atoms with E-state index in [1.54, 1.807) is 0 Å². The number of primary amides is 1. The minimum absolute atomic E-state index is 0.0172. The fourth-order valence-corrected chi connectivity index (χ4v) is 3.24. The van der Waals surface area contributed by atoms with Crippen molar-refractivity contribution in [2.45, 2.75) is 51.5 Å². The SMILES string of the molecule is CC(C)[C@H](NC(=O)C1CCN(CC(N)=O)CC1)c1nc(C2CC2)no1. The van der Waals surface area contributed by atoms with E-state index in [0.717, 1.165) is 31.5 Å². The van der Waals surface area contributed by atoms with Crippen molar-refractivity contribution >= 4 is 11.8 Å². The summed E-state index contributed by atoms with van der Waals surface area (Å²) in [5, 5.41) is 7.14. The average Bonchev–Trinajstić information content (AvgIpc) is 3.30. The number of piperidine rings is 1. The van der Waals surface area contributed by atoms with Crippen molar-refractivity contribution in [1.82, 2.24) is 20.4 Å². The Bertz CT molecular complexity index is 618. The maximum Gasteiger partial charge on any atom is 0.249 e. The number of rotatable bonds is 7. The van der Waals surface area contributed by atoms with Crippen LogP contribution in [0.25, 0.3) is 0 Å². The van der Waals surface area contributed by atoms with Gasteiger partial charge in [-0.1, -0.05) is 19.0 Å². The second-order valence-corrected chi connectivity index (χ2v) is 7.51. The molecule has 0 aromatic carbocycles. The molecule has 0 spiro atoms. The van der Waals surface area contributed by atoms with Gasteiger partial charge in [0.25, 0.3) is 0 Å². The molecule has 2 aliphatic rings. The quantitative estimate of drug-likeness (QED) is 0.758. The molecule has 1 aromatic heterocycles. The highest BCUT2D eigenvalue weighted by Crippen LogP contribution is 2.38. The monoisotopic (exact) mass is 349 g/mol. The number of likely N-dealkylation sites (tertiary alicyclic amines) is 1. The maximum absolute atomic E-state index is 12.7. The highest BCUT2D eigenvalue weighted by Gasteiger charge is 2.33. The largest absolute Gasteiger partial charge is 0.369 e. The Morgan fingerprint density at radius 1 is 1.28 bits per heavy atom. The van der Waals surface area contributed by atoms with E-state index in [1.165, 1.54) is 0 Å². The third-order valence-corrected chi connectivity index (χ3v) is 4.97. The highest BCUT2D eigenvalue weighted by molar-refractivity contribution is 5.79. The molecule has 1 aromatic rings. The molecular weight excluding hydrogens is 322 g/mol. The van der Waals surface area contributed by atoms with Gasteiger partial charge < -0.3 is 15.6 Å². The lowest BCUT2D eigenvalue weighted by Crippen LogP contribution is -2.44. The lowest BCUT2D eigenvalue weighted by molar-refractivity contribution is -0.128. The van der Waals surface area contributed by atoms with Gasteiger partial charge in [0.15, 0.2) is 5.82 Å². The molecule has 2 fully saturated rings. The Hall–Kier alpha value is -1.96. The highest BCUT2D eigenvalue weighted by atomic mass is 16.5. The Labute approximate surface area is 147 Å². The van der Waals surface area contributed by atoms with Crippen LogP contribution in [0.2, 0.25) is 0 Å². The molecule has 0 unspecified atom stereocenters. The molecule has 1 aliphatic carbocycles. The lowest BCUT2D eigenvalue weighted by Gasteiger charge is -2.31. The summed E-state index contributed by atoms with van der Waals surface area (Å²) in [7, 11) is 0. The van der Waals surface area contributed by atoms with Crippen LogP contribution in [0.3, 0.4) is 0 Å². The predicted octanol–water partition coefficient (Wildman–Crippen LogP) is 0.958. The van der Waals surface area contributed by atoms with Crippen molar-refractivity contribution in [1.29, 1.82) is 0 Å². The van der Waals surface area contributed by atoms with Gasteiger partial charge in [0, 0.05) is 11.8 Å². The number of carbonyl (C=O) groups is 2. The van der Waals surface area contributed by atoms with E-state index >= 15 is 0 Å². The van der Waals surface area contributed by atoms with Gasteiger partial charge in [0.1, 0.15) is 6.04 Å². The second-order valence-electron chi connectivity index (χ2n) is 7.51. The van der Waals surface area contributed by atoms with Crippen LogP contribution >= 0.6 is 0 Å². The fraction of sp³-hybridized carbons (Fsp3) is 0.765. The summed E-state index contributed by atoms with van der Waals surface area (Å²) < 4.78 is 5.40. The Balaban J connectivity index is 1.56. The summed E-state index contributed by atoms with van der Waals surface area (Å²) in [6, 6.07) is -0.267. The number of aromatic nitrogens is 2. The molecule has 1 atom stereocenters. The van der Waals surface area contributed by atoms with Gasteiger partial charge in [0.2, 0.25) is 17.7 Å². The smallest absolute Gasteiger partial charge is 0.249 e. The van der Waals surface area contributed by atoms with Crippen LogP contribution in [0, 0.1) is 11.8 Å². The van der Waals surface area contributed by atoms with E-state index < -0.39 is 0 Å². The molecule has 0 bridgehead atoms. The van der Waals surface area contributed by atoms with E-state index in [2.05, 4.69) is 15.5 Å². The molecular formula is C17H27N5O3. The summed E-state index contributed by atoms with van der Waals surface area (Å²) in [4.78, 5) is 30.1. The molecule has 2 heterocycles. The van der Waals surface area contributed by atoms with Gasteiger partial charge in [-0.25, -0.2) is 0 Å². The molecule has 0 radical (unpaired) electrons. The van der Waals surface area contributed by atoms with Crippen molar-refractivity contribution < 1.29 is 14.1 Å². The van der Waals surface area contributed by atoms with Crippen LogP contribution < -0.4 is 11.1 Å². The van der Waals surface area contributed by atoms with Gasteiger partial charge in [-0.2, -0.15) is 4.98 Å². The van der Waals surface area contributed by atoms with Crippen LogP contribution in [0.1, 0.15) is 63.2 Å². The van der Waals surface area contributed by atoms with E-state index in [4.69, 9.17) is 10.3 Å². The summed E-state index contributed by atoms with van der Waals surface area (Å²) in [5.74, 6) is 1.47. The van der Waals surface area contributed by atoms with Crippen LogP contribution in [0.15, 0.2) is 4.52 Å². The van der Waals surface area contributed by atoms with E-state index in [9.17, 15) is 9.59 Å². The number of hydrogen-bond acceptors (Lipinski definition) is 6. The van der Waals surface area contributed by atoms with E-state index in [-0.39, 0.29) is 36.2 Å². The van der Waals surface area contributed by atoms with Crippen molar-refractivity contribution in [2.75, 3.05) is 19.6 Å². The Morgan fingerprint density at radius 3 is 2.52 bits per heavy atom. The zero-order chi connectivity index (χ0) is 18.0. The first-order valence-corrected chi connectivity index (χ1v) is 9.08. The standard InChI is InChI=1S/C17H27N5O3/c1-10(2)14(17-20-15(21-25-17)11-3-4-11)19-16(24)12-5-7-22(8-6-12)9-13(18)23/h10-12,14H,3-9H2,1-2H3,(H2,18,23)(H,19,24)/t14-/m0/s1. The number of hydrogen-bond donors (Lipinski definition) is 2. The minimum atomic E-state index is -0.328. The molecule has 138 valence electrons. The normalized spacial score (nSPS) is 20.6. The summed E-state index contributed by atoms with van der Waals surface area (Å²) in [6.45, 7) is 5.73. The number of nitrogens with zero attached hydrogens (tertiary/aromatic N) is 3. The number of carbonyl (C=O) groups excluding carboxylic acids is 2. The molecule has 25 heavy (non-hydrogen) atoms. The topological polar surface area (TPSA) is 114 Å². The molecule has 2 amide bonds. The third-order valence-electron chi connectivity index (χ3n) is 4.97. The molecule has 1 aliphatic heterocycles. The summed E-state index contributed by atoms with van der Waals surface area (Å²) in [5.41, 5.74) is 5.23. The fourth-order valence-electron chi connectivity index (χ4n) is 3.24. The van der Waals surface area contributed by atoms with Crippen molar-refractivity contribution in [2.24, 2.45) is 17.6 Å². The first-order valence-electron chi connectivity index (χ1n) is 9.08. The number of amides is 2. The van der Waals surface area contributed by atoms with Crippen LogP contribution in [0.4, 0.5) is 0 Å². The van der Waals surface area contributed by atoms with E-state index in [1.807, 2.05) is 18.7 Å². The predicted molar refractivity (Wildman–Crippen MR) is 90.4 cm³/mol. The van der Waals surface area contributed by atoms with Gasteiger partial charge in [-0.3, -0.25) is 14.5 Å². The van der Waals surface area contributed by atoms with Crippen molar-refractivity contribution in [3.8, 4) is 0 Å². The van der Waals surface area contributed by atoms with Gasteiger partial charge in [0.05, 0.1) is 6.54 Å². The van der Waals surface area contributed by atoms with E-state index in [0.29, 0.717) is 24.9 Å². The zero-order valence-corrected chi connectivity index (χ0v) is 14.9. The maximum atomic E-state index is 12.7. The number of nitrogens with two attached hydrogens (primary N) is 1. The average molecular weight is 349 g/mol. The summed E-state index contributed by atoms with van der Waals surface area (Å²) >= 11 is 0. The lowest BCUT2D eigenvalue weighted by atomic mass is 9.94. The molecule has 3 N–H and O–H groups in total. The Morgan fingerprint density at radius 2 is 1.96 bits per heavy atom. The van der Waals surface area contributed by atoms with Crippen LogP contribution in [-0.4, -0.2) is 46.5 Å². The van der Waals surface area contributed by atoms with Gasteiger partial charge in [-0.15, -0.1) is 0 Å². The molecule has 8 nitrogen and oxygen atoms in total. The number of nitrogens with one attached hydrogen (secondary N) is 1. The molecule has 1 saturated heterocycles. The summed E-state index contributed by atoms with van der Waals surface area (Å²) in [6.07, 6.45) is 3.67. The van der Waals surface area contributed by atoms with Crippen molar-refractivity contribution in [3.63, 3.8) is 0 Å². The first-order chi connectivity index (χ1) is 11.9. The minimum Gasteiger partial charge on any atom is -0.369 e. The second kappa shape index (κ2) is 7.51. The first kappa shape index (κ1) is 17.8. The van der Waals surface area contributed by atoms with Crippen LogP contribution in [0.5, 0.6) is 0 Å². The van der Waals surface area contributed by atoms with Crippen molar-refractivity contribution in [3.05, 3.63) is 11.7 Å². The Kier molecular flexibility index (Phi) is 5.36. The molecule has 1 saturated carbocycles. The van der Waals surface area contributed by atoms with Gasteiger partial charge >= 0.3 is 0 Å². The van der Waals surface area contributed by atoms with Crippen LogP contribution in [-0.2, 0) is 9.59 Å². The third kappa shape index (κ3) is 4.56. The van der Waals surface area contributed by atoms with Gasteiger partial charge in [-0.05, 0) is 44.7 Å². The zero-order valence-electron chi connectivity index (χ0n) is 14.9. The molecule has 8 heteroatoms. The molecule has 3 rings (SSSR count).